The van der Waals surface area contributed by atoms with E-state index in [-0.39, 0.29) is 17.2 Å². The lowest BCUT2D eigenvalue weighted by atomic mass is 10.1. The molecule has 0 unspecified atom stereocenters. The first kappa shape index (κ1) is 13.2. The van der Waals surface area contributed by atoms with Gasteiger partial charge in [0.25, 0.3) is 0 Å². The maximum absolute atomic E-state index is 13.7. The van der Waals surface area contributed by atoms with E-state index < -0.39 is 11.8 Å². The van der Waals surface area contributed by atoms with Crippen molar-refractivity contribution in [2.45, 2.75) is 6.92 Å². The fourth-order valence-corrected chi connectivity index (χ4v) is 1.98. The van der Waals surface area contributed by atoms with Crippen molar-refractivity contribution in [1.82, 2.24) is 0 Å². The number of hydrogen-bond donors (Lipinski definition) is 0. The van der Waals surface area contributed by atoms with Crippen LogP contribution in [-0.2, 0) is 9.53 Å². The molecule has 0 radical (unpaired) electrons. The SMILES string of the molecule is Cc1ccc(C=C2N=C(c3ccccc3F)OC2=O)cc1. The predicted molar refractivity (Wildman–Crippen MR) is 78.2 cm³/mol. The van der Waals surface area contributed by atoms with Crippen molar-refractivity contribution in [3.63, 3.8) is 0 Å². The summed E-state index contributed by atoms with van der Waals surface area (Å²) in [6.07, 6.45) is 1.62. The minimum absolute atomic E-state index is 0.00328. The minimum Gasteiger partial charge on any atom is -0.402 e. The standard InChI is InChI=1S/C17H12FNO2/c1-11-6-8-12(9-7-11)10-15-17(20)21-16(19-15)13-4-2-3-5-14(13)18/h2-10H,1H3. The second-order valence-corrected chi connectivity index (χ2v) is 4.73. The van der Waals surface area contributed by atoms with Crippen LogP contribution in [0.5, 0.6) is 0 Å². The molecular formula is C17H12FNO2. The van der Waals surface area contributed by atoms with Gasteiger partial charge in [-0.1, -0.05) is 42.0 Å². The van der Waals surface area contributed by atoms with Gasteiger partial charge in [-0.2, -0.15) is 0 Å². The third-order valence-corrected chi connectivity index (χ3v) is 3.11. The van der Waals surface area contributed by atoms with Gasteiger partial charge in [-0.05, 0) is 30.7 Å². The molecule has 3 rings (SSSR count). The molecule has 3 nitrogen and oxygen atoms in total. The molecule has 104 valence electrons. The first-order valence-electron chi connectivity index (χ1n) is 6.47. The summed E-state index contributed by atoms with van der Waals surface area (Å²) in [6.45, 7) is 1.98. The first-order chi connectivity index (χ1) is 10.1. The fraction of sp³-hybridized carbons (Fsp3) is 0.0588. The molecule has 0 aromatic heterocycles. The maximum atomic E-state index is 13.7. The third kappa shape index (κ3) is 2.74. The molecule has 21 heavy (non-hydrogen) atoms. The van der Waals surface area contributed by atoms with Crippen molar-refractivity contribution in [1.29, 1.82) is 0 Å². The molecule has 0 saturated heterocycles. The smallest absolute Gasteiger partial charge is 0.363 e. The summed E-state index contributed by atoms with van der Waals surface area (Å²) in [6, 6.07) is 13.7. The molecule has 4 heteroatoms. The van der Waals surface area contributed by atoms with Crippen LogP contribution in [0.25, 0.3) is 6.08 Å². The Kier molecular flexibility index (Phi) is 3.36. The zero-order valence-corrected chi connectivity index (χ0v) is 11.3. The highest BCUT2D eigenvalue weighted by molar-refractivity contribution is 6.12. The zero-order chi connectivity index (χ0) is 14.8. The molecule has 1 heterocycles. The topological polar surface area (TPSA) is 38.7 Å². The highest BCUT2D eigenvalue weighted by Gasteiger charge is 2.25. The van der Waals surface area contributed by atoms with Crippen LogP contribution in [-0.4, -0.2) is 11.9 Å². The molecule has 0 amide bonds. The van der Waals surface area contributed by atoms with Gasteiger partial charge in [-0.25, -0.2) is 14.2 Å². The van der Waals surface area contributed by atoms with Gasteiger partial charge in [0, 0.05) is 0 Å². The van der Waals surface area contributed by atoms with E-state index in [9.17, 15) is 9.18 Å². The molecule has 0 bridgehead atoms. The molecule has 0 N–H and O–H groups in total. The Hall–Kier alpha value is -2.75. The molecule has 1 aliphatic heterocycles. The Morgan fingerprint density at radius 3 is 2.52 bits per heavy atom. The lowest BCUT2D eigenvalue weighted by molar-refractivity contribution is -0.129. The van der Waals surface area contributed by atoms with Crippen LogP contribution in [0.2, 0.25) is 0 Å². The van der Waals surface area contributed by atoms with Crippen LogP contribution in [0.15, 0.2) is 59.2 Å². The van der Waals surface area contributed by atoms with Crippen LogP contribution < -0.4 is 0 Å². The molecule has 0 fully saturated rings. The van der Waals surface area contributed by atoms with Crippen LogP contribution >= 0.6 is 0 Å². The summed E-state index contributed by atoms with van der Waals surface area (Å²) < 4.78 is 18.7. The molecule has 0 aliphatic carbocycles. The van der Waals surface area contributed by atoms with Crippen LogP contribution in [0.3, 0.4) is 0 Å². The molecule has 2 aromatic carbocycles. The quantitative estimate of drug-likeness (QED) is 0.624. The van der Waals surface area contributed by atoms with E-state index in [0.29, 0.717) is 0 Å². The van der Waals surface area contributed by atoms with Gasteiger partial charge in [-0.15, -0.1) is 0 Å². The van der Waals surface area contributed by atoms with Crippen molar-refractivity contribution >= 4 is 17.9 Å². The lowest BCUT2D eigenvalue weighted by Gasteiger charge is -1.99. The Balaban J connectivity index is 1.96. The summed E-state index contributed by atoms with van der Waals surface area (Å²) in [5.74, 6) is -1.05. The second-order valence-electron chi connectivity index (χ2n) is 4.73. The van der Waals surface area contributed by atoms with E-state index in [4.69, 9.17) is 4.74 Å². The number of carbonyl (C=O) groups excluding carboxylic acids is 1. The Morgan fingerprint density at radius 1 is 1.10 bits per heavy atom. The van der Waals surface area contributed by atoms with Crippen LogP contribution in [0.1, 0.15) is 16.7 Å². The number of aryl methyl sites for hydroxylation is 1. The van der Waals surface area contributed by atoms with Crippen molar-refractivity contribution in [2.24, 2.45) is 4.99 Å². The monoisotopic (exact) mass is 281 g/mol. The average molecular weight is 281 g/mol. The number of cyclic esters (lactones) is 1. The number of halogens is 1. The van der Waals surface area contributed by atoms with E-state index in [1.807, 2.05) is 31.2 Å². The van der Waals surface area contributed by atoms with Gasteiger partial charge in [0.1, 0.15) is 5.82 Å². The third-order valence-electron chi connectivity index (χ3n) is 3.11. The largest absolute Gasteiger partial charge is 0.402 e. The first-order valence-corrected chi connectivity index (χ1v) is 6.47. The number of rotatable bonds is 2. The van der Waals surface area contributed by atoms with E-state index in [0.717, 1.165) is 11.1 Å². The number of aliphatic imine (C=N–C) groups is 1. The maximum Gasteiger partial charge on any atom is 0.363 e. The fourth-order valence-electron chi connectivity index (χ4n) is 1.98. The molecule has 0 atom stereocenters. The molecule has 1 aliphatic rings. The van der Waals surface area contributed by atoms with Crippen molar-refractivity contribution in [3.8, 4) is 0 Å². The number of carbonyl (C=O) groups is 1. The minimum atomic E-state index is -0.575. The second kappa shape index (κ2) is 5.32. The van der Waals surface area contributed by atoms with Gasteiger partial charge in [0.05, 0.1) is 5.56 Å². The van der Waals surface area contributed by atoms with Crippen LogP contribution in [0.4, 0.5) is 4.39 Å². The summed E-state index contributed by atoms with van der Waals surface area (Å²) >= 11 is 0. The summed E-state index contributed by atoms with van der Waals surface area (Å²) in [5.41, 5.74) is 2.31. The van der Waals surface area contributed by atoms with E-state index >= 15 is 0 Å². The van der Waals surface area contributed by atoms with E-state index in [1.54, 1.807) is 18.2 Å². The molecule has 2 aromatic rings. The van der Waals surface area contributed by atoms with Crippen molar-refractivity contribution < 1.29 is 13.9 Å². The Morgan fingerprint density at radius 2 is 1.81 bits per heavy atom. The molecular weight excluding hydrogens is 269 g/mol. The Labute approximate surface area is 121 Å². The van der Waals surface area contributed by atoms with Gasteiger partial charge < -0.3 is 4.74 Å². The molecule has 0 spiro atoms. The van der Waals surface area contributed by atoms with E-state index in [2.05, 4.69) is 4.99 Å². The number of esters is 1. The number of nitrogens with zero attached hydrogens (tertiary/aromatic N) is 1. The van der Waals surface area contributed by atoms with Gasteiger partial charge in [0.15, 0.2) is 5.70 Å². The molecule has 0 saturated carbocycles. The normalized spacial score (nSPS) is 16.0. The lowest BCUT2D eigenvalue weighted by Crippen LogP contribution is -2.07. The summed E-state index contributed by atoms with van der Waals surface area (Å²) in [7, 11) is 0. The Bertz CT molecular complexity index is 761. The van der Waals surface area contributed by atoms with Gasteiger partial charge >= 0.3 is 5.97 Å². The highest BCUT2D eigenvalue weighted by atomic mass is 19.1. The van der Waals surface area contributed by atoms with Crippen molar-refractivity contribution in [2.75, 3.05) is 0 Å². The van der Waals surface area contributed by atoms with Gasteiger partial charge in [-0.3, -0.25) is 0 Å². The number of ether oxygens (including phenoxy) is 1. The van der Waals surface area contributed by atoms with Crippen LogP contribution in [0, 0.1) is 12.7 Å². The predicted octanol–water partition coefficient (Wildman–Crippen LogP) is 3.48. The van der Waals surface area contributed by atoms with E-state index in [1.165, 1.54) is 12.1 Å². The van der Waals surface area contributed by atoms with Crippen molar-refractivity contribution in [3.05, 3.63) is 76.7 Å². The average Bonchev–Trinajstić information content (AvgIpc) is 2.83. The summed E-state index contributed by atoms with van der Waals surface area (Å²) in [4.78, 5) is 15.9. The zero-order valence-electron chi connectivity index (χ0n) is 11.3. The number of benzene rings is 2. The van der Waals surface area contributed by atoms with Gasteiger partial charge in [0.2, 0.25) is 5.90 Å². The summed E-state index contributed by atoms with van der Waals surface area (Å²) in [5, 5.41) is 0. The number of hydrogen-bond acceptors (Lipinski definition) is 3. The highest BCUT2D eigenvalue weighted by Crippen LogP contribution is 2.20.